The maximum Gasteiger partial charge on any atom is 0.435 e. The summed E-state index contributed by atoms with van der Waals surface area (Å²) in [6, 6.07) is 8.34. The molecular formula is C26H16ClF10N3O3. The summed E-state index contributed by atoms with van der Waals surface area (Å²) in [6.45, 7) is -2.44. The van der Waals surface area contributed by atoms with E-state index in [0.717, 1.165) is 6.07 Å². The van der Waals surface area contributed by atoms with Crippen LogP contribution in [0.2, 0.25) is 5.02 Å². The zero-order valence-corrected chi connectivity index (χ0v) is 21.8. The molecule has 4 rings (SSSR count). The highest BCUT2D eigenvalue weighted by Gasteiger charge is 2.63. The van der Waals surface area contributed by atoms with Gasteiger partial charge in [0.1, 0.15) is 6.54 Å². The predicted octanol–water partition coefficient (Wildman–Crippen LogP) is 6.64. The minimum absolute atomic E-state index is 0.00884. The van der Waals surface area contributed by atoms with Crippen molar-refractivity contribution in [1.29, 1.82) is 0 Å². The average Bonchev–Trinajstić information content (AvgIpc) is 3.37. The average molecular weight is 644 g/mol. The van der Waals surface area contributed by atoms with Gasteiger partial charge in [0.15, 0.2) is 5.82 Å². The highest BCUT2D eigenvalue weighted by atomic mass is 35.5. The molecule has 0 saturated heterocycles. The number of halogens is 11. The SMILES string of the molecule is O=C(CNC(=O)c1ccc(C2=NO[C@@](c3cc(Cl)c(F)c(C(F)(F)F)c3)(C(F)(F)F)C2)c2ccccc12)NCC(F)(F)F. The second kappa shape index (κ2) is 11.2. The molecule has 0 unspecified atom stereocenters. The van der Waals surface area contributed by atoms with E-state index < -0.39 is 77.4 Å². The number of nitrogens with one attached hydrogen (secondary N) is 2. The van der Waals surface area contributed by atoms with E-state index in [0.29, 0.717) is 6.07 Å². The van der Waals surface area contributed by atoms with Gasteiger partial charge in [0.05, 0.1) is 22.8 Å². The van der Waals surface area contributed by atoms with Crippen molar-refractivity contribution in [3.8, 4) is 0 Å². The number of rotatable bonds is 6. The van der Waals surface area contributed by atoms with Crippen molar-refractivity contribution in [2.24, 2.45) is 5.16 Å². The van der Waals surface area contributed by atoms with Gasteiger partial charge in [0.25, 0.3) is 11.5 Å². The molecule has 1 heterocycles. The van der Waals surface area contributed by atoms with E-state index in [1.165, 1.54) is 30.3 Å². The van der Waals surface area contributed by atoms with Crippen LogP contribution in [0.1, 0.15) is 33.5 Å². The molecule has 0 aromatic heterocycles. The van der Waals surface area contributed by atoms with E-state index in [2.05, 4.69) is 10.5 Å². The fraction of sp³-hybridized carbons (Fsp3) is 0.269. The first kappa shape index (κ1) is 31.8. The van der Waals surface area contributed by atoms with Gasteiger partial charge in [-0.1, -0.05) is 47.1 Å². The maximum atomic E-state index is 14.4. The molecule has 2 amide bonds. The summed E-state index contributed by atoms with van der Waals surface area (Å²) in [4.78, 5) is 29.2. The lowest BCUT2D eigenvalue weighted by molar-refractivity contribution is -0.276. The Balaban J connectivity index is 1.67. The fourth-order valence-corrected chi connectivity index (χ4v) is 4.56. The Labute approximate surface area is 239 Å². The molecule has 6 nitrogen and oxygen atoms in total. The molecule has 0 fully saturated rings. The summed E-state index contributed by atoms with van der Waals surface area (Å²) < 4.78 is 134. The Morgan fingerprint density at radius 2 is 1.58 bits per heavy atom. The van der Waals surface area contributed by atoms with Crippen molar-refractivity contribution in [3.63, 3.8) is 0 Å². The number of carbonyl (C=O) groups is 2. The number of fused-ring (bicyclic) bond motifs is 1. The largest absolute Gasteiger partial charge is 0.435 e. The highest BCUT2D eigenvalue weighted by Crippen LogP contribution is 2.51. The number of hydrogen-bond donors (Lipinski definition) is 2. The molecule has 0 radical (unpaired) electrons. The predicted molar refractivity (Wildman–Crippen MR) is 132 cm³/mol. The zero-order valence-electron chi connectivity index (χ0n) is 21.1. The maximum absolute atomic E-state index is 14.4. The summed E-state index contributed by atoms with van der Waals surface area (Å²) in [5.74, 6) is -4.01. The molecule has 43 heavy (non-hydrogen) atoms. The Bertz CT molecular complexity index is 1620. The minimum Gasteiger partial charge on any atom is -0.374 e. The minimum atomic E-state index is -5.38. The van der Waals surface area contributed by atoms with Crippen molar-refractivity contribution < 1.29 is 58.3 Å². The molecule has 1 aliphatic rings. The van der Waals surface area contributed by atoms with Gasteiger partial charge in [-0.3, -0.25) is 9.59 Å². The van der Waals surface area contributed by atoms with Gasteiger partial charge in [0.2, 0.25) is 5.91 Å². The second-order valence-electron chi connectivity index (χ2n) is 9.23. The van der Waals surface area contributed by atoms with Crippen LogP contribution >= 0.6 is 11.6 Å². The fourth-order valence-electron chi connectivity index (χ4n) is 4.34. The van der Waals surface area contributed by atoms with Gasteiger partial charge in [-0.25, -0.2) is 4.39 Å². The van der Waals surface area contributed by atoms with Gasteiger partial charge in [-0.15, -0.1) is 0 Å². The Kier molecular flexibility index (Phi) is 8.30. The van der Waals surface area contributed by atoms with Crippen LogP contribution < -0.4 is 10.6 Å². The van der Waals surface area contributed by atoms with E-state index in [4.69, 9.17) is 16.4 Å². The number of amides is 2. The van der Waals surface area contributed by atoms with Gasteiger partial charge in [-0.05, 0) is 29.0 Å². The van der Waals surface area contributed by atoms with Gasteiger partial charge >= 0.3 is 18.5 Å². The first-order valence-electron chi connectivity index (χ1n) is 11.9. The lowest BCUT2D eigenvalue weighted by Gasteiger charge is -2.30. The molecule has 17 heteroatoms. The van der Waals surface area contributed by atoms with E-state index in [1.54, 1.807) is 5.32 Å². The van der Waals surface area contributed by atoms with Crippen LogP contribution in [0, 0.1) is 5.82 Å². The summed E-state index contributed by atoms with van der Waals surface area (Å²) in [5, 5.41) is 6.27. The third kappa shape index (κ3) is 6.48. The number of oxime groups is 1. The summed E-state index contributed by atoms with van der Waals surface area (Å²) in [7, 11) is 0. The van der Waals surface area contributed by atoms with E-state index in [9.17, 15) is 53.5 Å². The van der Waals surface area contributed by atoms with Crippen LogP contribution in [0.3, 0.4) is 0 Å². The summed E-state index contributed by atoms with van der Waals surface area (Å²) in [5.41, 5.74) is -7.18. The van der Waals surface area contributed by atoms with Crippen molar-refractivity contribution in [2.45, 2.75) is 30.6 Å². The monoisotopic (exact) mass is 643 g/mol. The number of alkyl halides is 9. The molecule has 0 saturated carbocycles. The third-order valence-electron chi connectivity index (χ3n) is 6.36. The first-order chi connectivity index (χ1) is 19.8. The Morgan fingerprint density at radius 3 is 2.19 bits per heavy atom. The number of carbonyl (C=O) groups excluding carboxylic acids is 2. The molecule has 1 aliphatic heterocycles. The van der Waals surface area contributed by atoms with Crippen molar-refractivity contribution in [3.05, 3.63) is 81.6 Å². The number of nitrogens with zero attached hydrogens (tertiary/aromatic N) is 1. The molecule has 0 spiro atoms. The lowest BCUT2D eigenvalue weighted by atomic mass is 9.84. The molecule has 0 bridgehead atoms. The van der Waals surface area contributed by atoms with Crippen molar-refractivity contribution in [2.75, 3.05) is 13.1 Å². The van der Waals surface area contributed by atoms with Crippen molar-refractivity contribution in [1.82, 2.24) is 10.6 Å². The van der Waals surface area contributed by atoms with Crippen LogP contribution in [0.5, 0.6) is 0 Å². The van der Waals surface area contributed by atoms with E-state index >= 15 is 0 Å². The molecule has 1 atom stereocenters. The van der Waals surface area contributed by atoms with E-state index in [1.807, 2.05) is 0 Å². The third-order valence-corrected chi connectivity index (χ3v) is 6.64. The first-order valence-corrected chi connectivity index (χ1v) is 12.2. The van der Waals surface area contributed by atoms with Gasteiger partial charge in [0, 0.05) is 23.1 Å². The number of benzene rings is 3. The lowest BCUT2D eigenvalue weighted by Crippen LogP contribution is -2.43. The number of hydrogen-bond acceptors (Lipinski definition) is 4. The summed E-state index contributed by atoms with van der Waals surface area (Å²) in [6.07, 6.45) is -16.6. The summed E-state index contributed by atoms with van der Waals surface area (Å²) >= 11 is 5.53. The van der Waals surface area contributed by atoms with Gasteiger partial charge < -0.3 is 15.5 Å². The molecule has 0 aliphatic carbocycles. The molecule has 230 valence electrons. The van der Waals surface area contributed by atoms with Crippen LogP contribution in [-0.2, 0) is 21.4 Å². The van der Waals surface area contributed by atoms with E-state index in [-0.39, 0.29) is 33.7 Å². The van der Waals surface area contributed by atoms with Crippen LogP contribution in [0.4, 0.5) is 43.9 Å². The van der Waals surface area contributed by atoms with Crippen LogP contribution in [0.25, 0.3) is 10.8 Å². The molecular weight excluding hydrogens is 628 g/mol. The van der Waals surface area contributed by atoms with Crippen LogP contribution in [-0.4, -0.2) is 43.0 Å². The molecule has 2 N–H and O–H groups in total. The van der Waals surface area contributed by atoms with Crippen molar-refractivity contribution >= 4 is 39.9 Å². The smallest absolute Gasteiger partial charge is 0.374 e. The highest BCUT2D eigenvalue weighted by molar-refractivity contribution is 6.31. The normalized spacial score (nSPS) is 17.4. The standard InChI is InChI=1S/C26H16ClF10N3O3/c27-18-8-12(7-17(21(18)28)25(32,33)34)23(26(35,36)37)9-19(40-43-23)15-5-6-16(14-4-2-1-3-13(14)15)22(42)38-10-20(41)39-11-24(29,30)31/h1-8H,9-11H2,(H,38,42)(H,39,41)/t23-/m0/s1. The second-order valence-corrected chi connectivity index (χ2v) is 9.64. The Morgan fingerprint density at radius 1 is 0.930 bits per heavy atom. The quantitative estimate of drug-likeness (QED) is 0.296. The molecule has 3 aromatic carbocycles. The van der Waals surface area contributed by atoms with Gasteiger partial charge in [-0.2, -0.15) is 39.5 Å². The topological polar surface area (TPSA) is 79.8 Å². The molecule has 3 aromatic rings. The Hall–Kier alpha value is -4.08. The zero-order chi connectivity index (χ0) is 32.0. The van der Waals surface area contributed by atoms with Crippen LogP contribution in [0.15, 0.2) is 53.7 Å².